The predicted octanol–water partition coefficient (Wildman–Crippen LogP) is 3.78. The second kappa shape index (κ2) is 4.31. The highest BCUT2D eigenvalue weighted by Gasteiger charge is 2.28. The molecule has 3 aromatic rings. The van der Waals surface area contributed by atoms with Gasteiger partial charge in [-0.1, -0.05) is 0 Å². The first-order valence-electron chi connectivity index (χ1n) is 6.61. The van der Waals surface area contributed by atoms with Gasteiger partial charge in [-0.2, -0.15) is 0 Å². The lowest BCUT2D eigenvalue weighted by Gasteiger charge is -2.08. The van der Waals surface area contributed by atoms with E-state index in [0.717, 1.165) is 32.6 Å². The van der Waals surface area contributed by atoms with Crippen molar-refractivity contribution in [3.8, 4) is 11.4 Å². The van der Waals surface area contributed by atoms with Crippen molar-refractivity contribution < 1.29 is 0 Å². The zero-order chi connectivity index (χ0) is 13.7. The molecule has 2 N–H and O–H groups in total. The maximum Gasteiger partial charge on any atom is 0.141 e. The van der Waals surface area contributed by atoms with Gasteiger partial charge in [-0.05, 0) is 53.0 Å². The lowest BCUT2D eigenvalue weighted by Crippen LogP contribution is -1.98. The Morgan fingerprint density at radius 3 is 2.85 bits per heavy atom. The molecule has 0 aliphatic heterocycles. The van der Waals surface area contributed by atoms with Crippen LogP contribution in [0, 0.1) is 0 Å². The number of nitrogens with two attached hydrogens (primary N) is 1. The summed E-state index contributed by atoms with van der Waals surface area (Å²) < 4.78 is 3.23. The SMILES string of the molecule is Nc1ccc(-c2nc3cnccc3n2C2CC2)cc1Br. The summed E-state index contributed by atoms with van der Waals surface area (Å²) in [7, 11) is 0. The zero-order valence-electron chi connectivity index (χ0n) is 10.8. The molecule has 2 heterocycles. The minimum absolute atomic E-state index is 0.564. The molecule has 0 radical (unpaired) electrons. The van der Waals surface area contributed by atoms with E-state index in [-0.39, 0.29) is 0 Å². The fourth-order valence-electron chi connectivity index (χ4n) is 2.52. The van der Waals surface area contributed by atoms with Crippen LogP contribution in [-0.2, 0) is 0 Å². The molecule has 1 saturated carbocycles. The second-order valence-electron chi connectivity index (χ2n) is 5.14. The van der Waals surface area contributed by atoms with Gasteiger partial charge < -0.3 is 10.3 Å². The average Bonchev–Trinajstić information content (AvgIpc) is 3.22. The summed E-state index contributed by atoms with van der Waals surface area (Å²) in [6.45, 7) is 0. The zero-order valence-corrected chi connectivity index (χ0v) is 12.3. The number of halogens is 1. The topological polar surface area (TPSA) is 56.7 Å². The Labute approximate surface area is 124 Å². The third-order valence-electron chi connectivity index (χ3n) is 3.66. The molecule has 5 heteroatoms. The van der Waals surface area contributed by atoms with E-state index in [1.807, 2.05) is 36.7 Å². The quantitative estimate of drug-likeness (QED) is 0.728. The normalized spacial score (nSPS) is 14.8. The number of anilines is 1. The molecule has 0 saturated heterocycles. The number of aromatic nitrogens is 3. The second-order valence-corrected chi connectivity index (χ2v) is 5.99. The number of hydrogen-bond donors (Lipinski definition) is 1. The van der Waals surface area contributed by atoms with Crippen molar-refractivity contribution in [2.24, 2.45) is 0 Å². The molecule has 2 aromatic heterocycles. The molecule has 1 aromatic carbocycles. The fraction of sp³-hybridized carbons (Fsp3) is 0.200. The molecule has 0 spiro atoms. The van der Waals surface area contributed by atoms with Crippen LogP contribution in [0.4, 0.5) is 5.69 Å². The van der Waals surface area contributed by atoms with Crippen LogP contribution >= 0.6 is 15.9 Å². The van der Waals surface area contributed by atoms with Crippen molar-refractivity contribution in [3.05, 3.63) is 41.1 Å². The summed E-state index contributed by atoms with van der Waals surface area (Å²) in [5, 5.41) is 0. The Kier molecular flexibility index (Phi) is 2.57. The Morgan fingerprint density at radius 1 is 1.25 bits per heavy atom. The number of pyridine rings is 1. The van der Waals surface area contributed by atoms with Crippen LogP contribution in [0.3, 0.4) is 0 Å². The van der Waals surface area contributed by atoms with Crippen LogP contribution in [0.2, 0.25) is 0 Å². The number of fused-ring (bicyclic) bond motifs is 1. The van der Waals surface area contributed by atoms with Gasteiger partial charge in [0.2, 0.25) is 0 Å². The minimum Gasteiger partial charge on any atom is -0.398 e. The standard InChI is InChI=1S/C15H13BrN4/c16-11-7-9(1-4-12(11)17)15-19-13-8-18-6-5-14(13)20(15)10-2-3-10/h1,4-8,10H,2-3,17H2. The molecule has 20 heavy (non-hydrogen) atoms. The lowest BCUT2D eigenvalue weighted by molar-refractivity contribution is 0.775. The van der Waals surface area contributed by atoms with Gasteiger partial charge in [-0.25, -0.2) is 4.98 Å². The van der Waals surface area contributed by atoms with Crippen LogP contribution in [0.15, 0.2) is 41.1 Å². The summed E-state index contributed by atoms with van der Waals surface area (Å²) >= 11 is 3.49. The van der Waals surface area contributed by atoms with Crippen molar-refractivity contribution in [2.75, 3.05) is 5.73 Å². The van der Waals surface area contributed by atoms with Crippen LogP contribution in [0.5, 0.6) is 0 Å². The number of benzene rings is 1. The first-order valence-corrected chi connectivity index (χ1v) is 7.40. The van der Waals surface area contributed by atoms with Gasteiger partial charge in [-0.15, -0.1) is 0 Å². The van der Waals surface area contributed by atoms with Gasteiger partial charge in [0.15, 0.2) is 0 Å². The highest BCUT2D eigenvalue weighted by Crippen LogP contribution is 2.41. The first kappa shape index (κ1) is 11.9. The largest absolute Gasteiger partial charge is 0.398 e. The van der Waals surface area contributed by atoms with Crippen molar-refractivity contribution in [2.45, 2.75) is 18.9 Å². The summed E-state index contributed by atoms with van der Waals surface area (Å²) in [6.07, 6.45) is 6.09. The van der Waals surface area contributed by atoms with E-state index in [2.05, 4.69) is 25.5 Å². The van der Waals surface area contributed by atoms with E-state index >= 15 is 0 Å². The Bertz CT molecular complexity index is 805. The predicted molar refractivity (Wildman–Crippen MR) is 83.3 cm³/mol. The minimum atomic E-state index is 0.564. The molecule has 1 aliphatic rings. The first-order chi connectivity index (χ1) is 9.74. The van der Waals surface area contributed by atoms with Crippen LogP contribution < -0.4 is 5.73 Å². The fourth-order valence-corrected chi connectivity index (χ4v) is 2.90. The molecule has 100 valence electrons. The Morgan fingerprint density at radius 2 is 2.10 bits per heavy atom. The number of nitrogen functional groups attached to an aromatic ring is 1. The molecule has 0 unspecified atom stereocenters. The maximum atomic E-state index is 5.87. The van der Waals surface area contributed by atoms with E-state index in [4.69, 9.17) is 10.7 Å². The van der Waals surface area contributed by atoms with Gasteiger partial charge in [0.05, 0.1) is 11.7 Å². The Hall–Kier alpha value is -1.88. The monoisotopic (exact) mass is 328 g/mol. The molecule has 0 atom stereocenters. The highest BCUT2D eigenvalue weighted by molar-refractivity contribution is 9.10. The van der Waals surface area contributed by atoms with Crippen molar-refractivity contribution in [1.29, 1.82) is 0 Å². The molecule has 0 amide bonds. The molecule has 0 bridgehead atoms. The van der Waals surface area contributed by atoms with Crippen LogP contribution in [-0.4, -0.2) is 14.5 Å². The van der Waals surface area contributed by atoms with E-state index < -0.39 is 0 Å². The number of rotatable bonds is 2. The highest BCUT2D eigenvalue weighted by atomic mass is 79.9. The van der Waals surface area contributed by atoms with Crippen molar-refractivity contribution >= 4 is 32.7 Å². The molecular weight excluding hydrogens is 316 g/mol. The van der Waals surface area contributed by atoms with Gasteiger partial charge in [-0.3, -0.25) is 4.98 Å². The molecular formula is C15H13BrN4. The van der Waals surface area contributed by atoms with Gasteiger partial charge >= 0.3 is 0 Å². The summed E-state index contributed by atoms with van der Waals surface area (Å²) in [6, 6.07) is 8.56. The number of nitrogens with zero attached hydrogens (tertiary/aromatic N) is 3. The van der Waals surface area contributed by atoms with E-state index in [0.29, 0.717) is 6.04 Å². The number of imidazole rings is 1. The van der Waals surface area contributed by atoms with Gasteiger partial charge in [0.1, 0.15) is 11.3 Å². The molecule has 4 rings (SSSR count). The number of hydrogen-bond acceptors (Lipinski definition) is 3. The average molecular weight is 329 g/mol. The van der Waals surface area contributed by atoms with Crippen molar-refractivity contribution in [3.63, 3.8) is 0 Å². The van der Waals surface area contributed by atoms with Gasteiger partial charge in [0.25, 0.3) is 0 Å². The smallest absolute Gasteiger partial charge is 0.141 e. The van der Waals surface area contributed by atoms with Crippen LogP contribution in [0.25, 0.3) is 22.4 Å². The third-order valence-corrected chi connectivity index (χ3v) is 4.35. The molecule has 1 aliphatic carbocycles. The van der Waals surface area contributed by atoms with Gasteiger partial charge in [0, 0.05) is 28.0 Å². The van der Waals surface area contributed by atoms with Crippen molar-refractivity contribution in [1.82, 2.24) is 14.5 Å². The summed E-state index contributed by atoms with van der Waals surface area (Å²) in [4.78, 5) is 8.92. The summed E-state index contributed by atoms with van der Waals surface area (Å²) in [5.74, 6) is 0.996. The van der Waals surface area contributed by atoms with Crippen LogP contribution in [0.1, 0.15) is 18.9 Å². The van der Waals surface area contributed by atoms with E-state index in [9.17, 15) is 0 Å². The Balaban J connectivity index is 1.98. The van der Waals surface area contributed by atoms with E-state index in [1.165, 1.54) is 12.8 Å². The molecule has 4 nitrogen and oxygen atoms in total. The lowest BCUT2D eigenvalue weighted by atomic mass is 10.2. The molecule has 1 fully saturated rings. The summed E-state index contributed by atoms with van der Waals surface area (Å²) in [5.41, 5.74) is 9.79. The van der Waals surface area contributed by atoms with E-state index in [1.54, 1.807) is 0 Å². The maximum absolute atomic E-state index is 5.87. The third kappa shape index (κ3) is 1.81.